The van der Waals surface area contributed by atoms with Gasteiger partial charge in [-0.3, -0.25) is 0 Å². The molecule has 2 nitrogen and oxygen atoms in total. The number of aryl methyl sites for hydroxylation is 1. The topological polar surface area (TPSA) is 15.3 Å². The van der Waals surface area contributed by atoms with Crippen molar-refractivity contribution in [2.24, 2.45) is 0 Å². The van der Waals surface area contributed by atoms with Gasteiger partial charge in [0.25, 0.3) is 0 Å². The van der Waals surface area contributed by atoms with Crippen molar-refractivity contribution in [1.29, 1.82) is 0 Å². The summed E-state index contributed by atoms with van der Waals surface area (Å²) in [5.74, 6) is 0. The zero-order valence-corrected chi connectivity index (χ0v) is 14.3. The highest BCUT2D eigenvalue weighted by Crippen LogP contribution is 2.23. The Kier molecular flexibility index (Phi) is 5.17. The highest BCUT2D eigenvalue weighted by Gasteiger charge is 2.14. The van der Waals surface area contributed by atoms with E-state index in [2.05, 4.69) is 103 Å². The molecule has 0 radical (unpaired) electrons. The Morgan fingerprint density at radius 2 is 1.38 bits per heavy atom. The Morgan fingerprint density at radius 3 is 2.00 bits per heavy atom. The second-order valence-electron chi connectivity index (χ2n) is 6.19. The summed E-state index contributed by atoms with van der Waals surface area (Å²) in [5, 5.41) is 3.67. The van der Waals surface area contributed by atoms with Crippen LogP contribution in [0.4, 0.5) is 11.4 Å². The third kappa shape index (κ3) is 4.17. The van der Waals surface area contributed by atoms with Gasteiger partial charge in [0.15, 0.2) is 0 Å². The highest BCUT2D eigenvalue weighted by atomic mass is 15.1. The lowest BCUT2D eigenvalue weighted by molar-refractivity contribution is 0.747. The Hall–Kier alpha value is -2.74. The van der Waals surface area contributed by atoms with Crippen molar-refractivity contribution >= 4 is 11.4 Å². The molecule has 3 rings (SSSR count). The molecule has 1 unspecified atom stereocenters. The quantitative estimate of drug-likeness (QED) is 0.665. The molecule has 0 amide bonds. The molecular formula is C22H24N2. The first-order valence-electron chi connectivity index (χ1n) is 8.37. The molecule has 2 heteroatoms. The third-order valence-electron chi connectivity index (χ3n) is 4.25. The van der Waals surface area contributed by atoms with Crippen LogP contribution in [0, 0.1) is 6.92 Å². The maximum atomic E-state index is 3.67. The van der Waals surface area contributed by atoms with Crippen molar-refractivity contribution in [3.63, 3.8) is 0 Å². The second-order valence-corrected chi connectivity index (χ2v) is 6.19. The van der Waals surface area contributed by atoms with Crippen molar-refractivity contribution < 1.29 is 0 Å². The molecule has 0 heterocycles. The molecule has 1 atom stereocenters. The van der Waals surface area contributed by atoms with Crippen LogP contribution in [-0.2, 0) is 0 Å². The summed E-state index contributed by atoms with van der Waals surface area (Å²) in [6, 6.07) is 29.9. The molecule has 0 spiro atoms. The van der Waals surface area contributed by atoms with Crippen molar-refractivity contribution in [1.82, 2.24) is 0 Å². The fraction of sp³-hybridized carbons (Fsp3) is 0.182. The summed E-state index contributed by atoms with van der Waals surface area (Å²) in [6.45, 7) is 3.01. The summed E-state index contributed by atoms with van der Waals surface area (Å²) in [5.41, 5.74) is 4.95. The van der Waals surface area contributed by atoms with Gasteiger partial charge in [-0.15, -0.1) is 0 Å². The monoisotopic (exact) mass is 316 g/mol. The number of likely N-dealkylation sites (N-methyl/N-ethyl adjacent to an activating group) is 1. The maximum Gasteiger partial charge on any atom is 0.0688 e. The first-order valence-corrected chi connectivity index (χ1v) is 8.37. The van der Waals surface area contributed by atoms with E-state index in [4.69, 9.17) is 0 Å². The van der Waals surface area contributed by atoms with Gasteiger partial charge in [-0.25, -0.2) is 0 Å². The first kappa shape index (κ1) is 16.1. The highest BCUT2D eigenvalue weighted by molar-refractivity contribution is 5.49. The third-order valence-corrected chi connectivity index (χ3v) is 4.25. The lowest BCUT2D eigenvalue weighted by atomic mass is 10.1. The van der Waals surface area contributed by atoms with Crippen molar-refractivity contribution in [3.05, 3.63) is 96.1 Å². The molecule has 0 aliphatic heterocycles. The summed E-state index contributed by atoms with van der Waals surface area (Å²) in [4.78, 5) is 2.30. The van der Waals surface area contributed by atoms with Crippen LogP contribution in [0.25, 0.3) is 0 Å². The predicted octanol–water partition coefficient (Wildman–Crippen LogP) is 5.28. The molecular weight excluding hydrogens is 292 g/mol. The Bertz CT molecular complexity index is 736. The van der Waals surface area contributed by atoms with Gasteiger partial charge in [-0.1, -0.05) is 66.2 Å². The smallest absolute Gasteiger partial charge is 0.0688 e. The average molecular weight is 316 g/mol. The Morgan fingerprint density at radius 1 is 0.792 bits per heavy atom. The molecule has 24 heavy (non-hydrogen) atoms. The Labute approximate surface area is 144 Å². The van der Waals surface area contributed by atoms with Crippen LogP contribution in [-0.4, -0.2) is 13.6 Å². The SMILES string of the molecule is Cc1ccc(N(C)CC(Nc2ccccc2)c2ccccc2)cc1. The molecule has 3 aromatic carbocycles. The van der Waals surface area contributed by atoms with Gasteiger partial charge in [0.1, 0.15) is 0 Å². The molecule has 0 aliphatic carbocycles. The van der Waals surface area contributed by atoms with Gasteiger partial charge in [-0.05, 0) is 36.8 Å². The molecule has 0 aromatic heterocycles. The predicted molar refractivity (Wildman–Crippen MR) is 104 cm³/mol. The largest absolute Gasteiger partial charge is 0.376 e. The number of hydrogen-bond donors (Lipinski definition) is 1. The minimum Gasteiger partial charge on any atom is -0.376 e. The van der Waals surface area contributed by atoms with Crippen LogP contribution in [0.2, 0.25) is 0 Å². The molecule has 3 aromatic rings. The van der Waals surface area contributed by atoms with E-state index in [0.29, 0.717) is 0 Å². The van der Waals surface area contributed by atoms with E-state index in [-0.39, 0.29) is 6.04 Å². The molecule has 0 bridgehead atoms. The molecule has 0 saturated heterocycles. The maximum absolute atomic E-state index is 3.67. The number of hydrogen-bond acceptors (Lipinski definition) is 2. The summed E-state index contributed by atoms with van der Waals surface area (Å²) in [7, 11) is 2.15. The molecule has 0 aliphatic rings. The standard InChI is InChI=1S/C22H24N2/c1-18-13-15-21(16-14-18)24(2)17-22(19-9-5-3-6-10-19)23-20-11-7-4-8-12-20/h3-16,22-23H,17H2,1-2H3. The average Bonchev–Trinajstić information content (AvgIpc) is 2.63. The number of para-hydroxylation sites is 1. The minimum absolute atomic E-state index is 0.222. The zero-order chi connectivity index (χ0) is 16.8. The van der Waals surface area contributed by atoms with E-state index in [0.717, 1.165) is 12.2 Å². The van der Waals surface area contributed by atoms with E-state index < -0.39 is 0 Å². The van der Waals surface area contributed by atoms with Gasteiger partial charge < -0.3 is 10.2 Å². The number of benzene rings is 3. The lowest BCUT2D eigenvalue weighted by Crippen LogP contribution is -2.28. The van der Waals surface area contributed by atoms with Crippen LogP contribution >= 0.6 is 0 Å². The number of nitrogens with zero attached hydrogens (tertiary/aromatic N) is 1. The van der Waals surface area contributed by atoms with Crippen molar-refractivity contribution in [3.8, 4) is 0 Å². The summed E-state index contributed by atoms with van der Waals surface area (Å²) in [6.07, 6.45) is 0. The lowest BCUT2D eigenvalue weighted by Gasteiger charge is -2.28. The van der Waals surface area contributed by atoms with Crippen LogP contribution in [0.5, 0.6) is 0 Å². The van der Waals surface area contributed by atoms with Crippen LogP contribution < -0.4 is 10.2 Å². The number of nitrogens with one attached hydrogen (secondary N) is 1. The van der Waals surface area contributed by atoms with E-state index in [9.17, 15) is 0 Å². The van der Waals surface area contributed by atoms with Crippen molar-refractivity contribution in [2.45, 2.75) is 13.0 Å². The molecule has 0 fully saturated rings. The number of rotatable bonds is 6. The van der Waals surface area contributed by atoms with Gasteiger partial charge in [0.05, 0.1) is 6.04 Å². The van der Waals surface area contributed by atoms with Crippen molar-refractivity contribution in [2.75, 3.05) is 23.8 Å². The molecule has 122 valence electrons. The fourth-order valence-electron chi connectivity index (χ4n) is 2.83. The van der Waals surface area contributed by atoms with E-state index in [1.165, 1.54) is 16.8 Å². The van der Waals surface area contributed by atoms with Gasteiger partial charge in [-0.2, -0.15) is 0 Å². The number of anilines is 2. The van der Waals surface area contributed by atoms with Gasteiger partial charge in [0, 0.05) is 25.0 Å². The molecule has 0 saturated carbocycles. The van der Waals surface area contributed by atoms with Gasteiger partial charge >= 0.3 is 0 Å². The Balaban J connectivity index is 1.80. The van der Waals surface area contributed by atoms with Crippen LogP contribution in [0.3, 0.4) is 0 Å². The van der Waals surface area contributed by atoms with E-state index in [1.807, 2.05) is 6.07 Å². The normalized spacial score (nSPS) is 11.8. The first-order chi connectivity index (χ1) is 11.7. The fourth-order valence-corrected chi connectivity index (χ4v) is 2.83. The van der Waals surface area contributed by atoms with Crippen LogP contribution in [0.15, 0.2) is 84.9 Å². The van der Waals surface area contributed by atoms with Crippen LogP contribution in [0.1, 0.15) is 17.2 Å². The summed E-state index contributed by atoms with van der Waals surface area (Å²) < 4.78 is 0. The zero-order valence-electron chi connectivity index (χ0n) is 14.3. The van der Waals surface area contributed by atoms with E-state index >= 15 is 0 Å². The van der Waals surface area contributed by atoms with Gasteiger partial charge in [0.2, 0.25) is 0 Å². The minimum atomic E-state index is 0.222. The molecule has 1 N–H and O–H groups in total. The van der Waals surface area contributed by atoms with E-state index in [1.54, 1.807) is 0 Å². The second kappa shape index (κ2) is 7.69. The summed E-state index contributed by atoms with van der Waals surface area (Å²) >= 11 is 0.